The molecule has 0 aliphatic rings. The van der Waals surface area contributed by atoms with Crippen LogP contribution in [0.15, 0.2) is 53.2 Å². The Morgan fingerprint density at radius 2 is 1.80 bits per heavy atom. The first kappa shape index (κ1) is 13.6. The minimum atomic E-state index is 0.939. The molecule has 1 nitrogen and oxygen atoms in total. The van der Waals surface area contributed by atoms with E-state index in [9.17, 15) is 0 Å². The van der Waals surface area contributed by atoms with E-state index in [0.29, 0.717) is 0 Å². The van der Waals surface area contributed by atoms with E-state index in [0.717, 1.165) is 13.1 Å². The zero-order valence-corrected chi connectivity index (χ0v) is 13.1. The van der Waals surface area contributed by atoms with Crippen LogP contribution in [0.2, 0.25) is 0 Å². The van der Waals surface area contributed by atoms with Crippen LogP contribution >= 0.6 is 22.7 Å². The van der Waals surface area contributed by atoms with Gasteiger partial charge in [-0.3, -0.25) is 0 Å². The summed E-state index contributed by atoms with van der Waals surface area (Å²) in [5.41, 5.74) is 4.00. The van der Waals surface area contributed by atoms with Gasteiger partial charge in [0.2, 0.25) is 0 Å². The number of thiophene rings is 2. The van der Waals surface area contributed by atoms with Gasteiger partial charge in [0, 0.05) is 22.8 Å². The van der Waals surface area contributed by atoms with E-state index in [2.05, 4.69) is 65.5 Å². The molecule has 0 bridgehead atoms. The smallest absolute Gasteiger partial charge is 0.0305 e. The fraction of sp³-hybridized carbons (Fsp3) is 0.176. The lowest BCUT2D eigenvalue weighted by molar-refractivity contribution is 0.706. The minimum Gasteiger partial charge on any atom is -0.307 e. The van der Waals surface area contributed by atoms with E-state index in [1.807, 2.05) is 22.7 Å². The highest BCUT2D eigenvalue weighted by atomic mass is 32.1. The molecule has 1 N–H and O–H groups in total. The monoisotopic (exact) mass is 299 g/mol. The standard InChI is InChI=1S/C17H17NS2/c1-13-7-8-19-17(13)11-18-10-16-9-15(12-20-16)14-5-3-2-4-6-14/h2-9,12,18H,10-11H2,1H3. The minimum absolute atomic E-state index is 0.939. The van der Waals surface area contributed by atoms with Crippen molar-refractivity contribution in [2.24, 2.45) is 0 Å². The number of hydrogen-bond acceptors (Lipinski definition) is 3. The van der Waals surface area contributed by atoms with Crippen molar-refractivity contribution in [3.63, 3.8) is 0 Å². The fourth-order valence-electron chi connectivity index (χ4n) is 2.14. The van der Waals surface area contributed by atoms with Crippen LogP contribution in [-0.4, -0.2) is 0 Å². The lowest BCUT2D eigenvalue weighted by Crippen LogP contribution is -2.11. The molecular weight excluding hydrogens is 282 g/mol. The topological polar surface area (TPSA) is 12.0 Å². The first-order valence-electron chi connectivity index (χ1n) is 6.69. The van der Waals surface area contributed by atoms with Crippen molar-refractivity contribution in [2.75, 3.05) is 0 Å². The third-order valence-electron chi connectivity index (χ3n) is 3.31. The molecule has 1 aromatic carbocycles. The second-order valence-electron chi connectivity index (χ2n) is 4.80. The molecule has 0 unspecified atom stereocenters. The highest BCUT2D eigenvalue weighted by molar-refractivity contribution is 7.10. The third-order valence-corrected chi connectivity index (χ3v) is 5.27. The van der Waals surface area contributed by atoms with Crippen molar-refractivity contribution >= 4 is 22.7 Å². The van der Waals surface area contributed by atoms with E-state index in [1.165, 1.54) is 26.4 Å². The molecule has 0 saturated carbocycles. The molecule has 0 fully saturated rings. The normalized spacial score (nSPS) is 10.8. The molecule has 2 aromatic heterocycles. The Kier molecular flexibility index (Phi) is 4.31. The van der Waals surface area contributed by atoms with Crippen LogP contribution in [-0.2, 0) is 13.1 Å². The number of aryl methyl sites for hydroxylation is 1. The number of rotatable bonds is 5. The summed E-state index contributed by atoms with van der Waals surface area (Å²) in [5, 5.41) is 7.93. The van der Waals surface area contributed by atoms with Gasteiger partial charge in [-0.2, -0.15) is 0 Å². The molecule has 0 aliphatic carbocycles. The van der Waals surface area contributed by atoms with Crippen molar-refractivity contribution in [2.45, 2.75) is 20.0 Å². The first-order valence-corrected chi connectivity index (χ1v) is 8.45. The van der Waals surface area contributed by atoms with Gasteiger partial charge in [-0.1, -0.05) is 30.3 Å². The number of benzene rings is 1. The Bertz CT molecular complexity index is 667. The van der Waals surface area contributed by atoms with Crippen LogP contribution in [0.5, 0.6) is 0 Å². The maximum atomic E-state index is 3.53. The van der Waals surface area contributed by atoms with Crippen LogP contribution in [0.25, 0.3) is 11.1 Å². The molecule has 2 heterocycles. The Hall–Kier alpha value is -1.42. The largest absolute Gasteiger partial charge is 0.307 e. The van der Waals surface area contributed by atoms with Crippen molar-refractivity contribution in [3.8, 4) is 11.1 Å². The SMILES string of the molecule is Cc1ccsc1CNCc1cc(-c2ccccc2)cs1. The van der Waals surface area contributed by atoms with Crippen LogP contribution in [0.4, 0.5) is 0 Å². The van der Waals surface area contributed by atoms with Gasteiger partial charge in [0.05, 0.1) is 0 Å². The number of nitrogens with one attached hydrogen (secondary N) is 1. The quantitative estimate of drug-likeness (QED) is 0.693. The number of hydrogen-bond donors (Lipinski definition) is 1. The Morgan fingerprint density at radius 3 is 2.55 bits per heavy atom. The van der Waals surface area contributed by atoms with E-state index < -0.39 is 0 Å². The summed E-state index contributed by atoms with van der Waals surface area (Å²) in [6, 6.07) is 15.0. The first-order chi connectivity index (χ1) is 9.83. The van der Waals surface area contributed by atoms with Gasteiger partial charge in [-0.05, 0) is 46.5 Å². The highest BCUT2D eigenvalue weighted by Gasteiger charge is 2.03. The van der Waals surface area contributed by atoms with Gasteiger partial charge >= 0.3 is 0 Å². The second-order valence-corrected chi connectivity index (χ2v) is 6.79. The van der Waals surface area contributed by atoms with Gasteiger partial charge in [0.25, 0.3) is 0 Å². The van der Waals surface area contributed by atoms with E-state index >= 15 is 0 Å². The summed E-state index contributed by atoms with van der Waals surface area (Å²) < 4.78 is 0. The summed E-state index contributed by atoms with van der Waals surface area (Å²) in [4.78, 5) is 2.82. The van der Waals surface area contributed by atoms with Crippen LogP contribution in [0, 0.1) is 6.92 Å². The van der Waals surface area contributed by atoms with Crippen LogP contribution < -0.4 is 5.32 Å². The summed E-state index contributed by atoms with van der Waals surface area (Å²) in [6.45, 7) is 4.07. The van der Waals surface area contributed by atoms with Gasteiger partial charge in [0.1, 0.15) is 0 Å². The molecule has 3 aromatic rings. The highest BCUT2D eigenvalue weighted by Crippen LogP contribution is 2.25. The maximum Gasteiger partial charge on any atom is 0.0305 e. The van der Waals surface area contributed by atoms with Crippen molar-refractivity contribution < 1.29 is 0 Å². The summed E-state index contributed by atoms with van der Waals surface area (Å²) in [7, 11) is 0. The average molecular weight is 299 g/mol. The molecule has 0 radical (unpaired) electrons. The Morgan fingerprint density at radius 1 is 0.950 bits per heavy atom. The lowest BCUT2D eigenvalue weighted by Gasteiger charge is -2.02. The average Bonchev–Trinajstić information content (AvgIpc) is 3.10. The van der Waals surface area contributed by atoms with Crippen LogP contribution in [0.3, 0.4) is 0 Å². The lowest BCUT2D eigenvalue weighted by atomic mass is 10.1. The van der Waals surface area contributed by atoms with Crippen molar-refractivity contribution in [1.82, 2.24) is 5.32 Å². The second kappa shape index (κ2) is 6.35. The third kappa shape index (κ3) is 3.18. The zero-order chi connectivity index (χ0) is 13.8. The molecule has 3 heteroatoms. The molecule has 20 heavy (non-hydrogen) atoms. The van der Waals surface area contributed by atoms with Gasteiger partial charge in [-0.15, -0.1) is 22.7 Å². The van der Waals surface area contributed by atoms with Gasteiger partial charge in [0.15, 0.2) is 0 Å². The molecule has 0 amide bonds. The van der Waals surface area contributed by atoms with Crippen molar-refractivity contribution in [3.05, 3.63) is 68.5 Å². The molecule has 0 atom stereocenters. The molecule has 3 rings (SSSR count). The predicted octanol–water partition coefficient (Wildman–Crippen LogP) is 5.07. The molecule has 0 spiro atoms. The molecule has 0 aliphatic heterocycles. The van der Waals surface area contributed by atoms with Crippen molar-refractivity contribution in [1.29, 1.82) is 0 Å². The van der Waals surface area contributed by atoms with Gasteiger partial charge < -0.3 is 5.32 Å². The van der Waals surface area contributed by atoms with Crippen LogP contribution in [0.1, 0.15) is 15.3 Å². The summed E-state index contributed by atoms with van der Waals surface area (Å²) in [5.74, 6) is 0. The molecule has 102 valence electrons. The maximum absolute atomic E-state index is 3.53. The molecule has 0 saturated heterocycles. The Labute approximate surface area is 127 Å². The van der Waals surface area contributed by atoms with E-state index in [-0.39, 0.29) is 0 Å². The van der Waals surface area contributed by atoms with E-state index in [1.54, 1.807) is 0 Å². The zero-order valence-electron chi connectivity index (χ0n) is 11.4. The Balaban J connectivity index is 1.59. The summed E-state index contributed by atoms with van der Waals surface area (Å²) >= 11 is 3.65. The predicted molar refractivity (Wildman–Crippen MR) is 89.4 cm³/mol. The molecular formula is C17H17NS2. The summed E-state index contributed by atoms with van der Waals surface area (Å²) in [6.07, 6.45) is 0. The van der Waals surface area contributed by atoms with E-state index in [4.69, 9.17) is 0 Å². The van der Waals surface area contributed by atoms with Gasteiger partial charge in [-0.25, -0.2) is 0 Å². The fourth-order valence-corrected chi connectivity index (χ4v) is 3.88.